The molecule has 0 saturated carbocycles. The molecule has 0 unspecified atom stereocenters. The third kappa shape index (κ3) is 3.59. The lowest BCUT2D eigenvalue weighted by Crippen LogP contribution is -2.03. The molecule has 2 aromatic heterocycles. The molecule has 1 N–H and O–H groups in total. The van der Waals surface area contributed by atoms with Crippen LogP contribution < -0.4 is 5.32 Å². The Morgan fingerprint density at radius 2 is 2.29 bits per heavy atom. The molecule has 0 bridgehead atoms. The molecule has 0 aromatic carbocycles. The molecule has 90 valence electrons. The molecule has 17 heavy (non-hydrogen) atoms. The number of anilines is 1. The number of aromatic nitrogens is 3. The van der Waals surface area contributed by atoms with Crippen molar-refractivity contribution in [3.8, 4) is 0 Å². The van der Waals surface area contributed by atoms with Gasteiger partial charge in [0.2, 0.25) is 0 Å². The Bertz CT molecular complexity index is 476. The Morgan fingerprint density at radius 1 is 1.41 bits per heavy atom. The number of aryl methyl sites for hydroxylation is 3. The molecule has 2 aromatic rings. The van der Waals surface area contributed by atoms with E-state index in [4.69, 9.17) is 0 Å². The van der Waals surface area contributed by atoms with E-state index in [1.807, 2.05) is 37.1 Å². The van der Waals surface area contributed by atoms with Gasteiger partial charge in [0.1, 0.15) is 0 Å². The normalized spacial score (nSPS) is 10.5. The topological polar surface area (TPSA) is 42.7 Å². The maximum Gasteiger partial charge on any atom is 0.0521 e. The van der Waals surface area contributed by atoms with Crippen molar-refractivity contribution in [2.45, 2.75) is 19.8 Å². The minimum absolute atomic E-state index is 0.971. The Hall–Kier alpha value is -1.84. The second-order valence-electron chi connectivity index (χ2n) is 4.24. The molecule has 0 spiro atoms. The van der Waals surface area contributed by atoms with E-state index in [1.54, 1.807) is 0 Å². The summed E-state index contributed by atoms with van der Waals surface area (Å²) in [5.74, 6) is 0. The van der Waals surface area contributed by atoms with Crippen LogP contribution in [0.15, 0.2) is 30.7 Å². The van der Waals surface area contributed by atoms with Gasteiger partial charge in [0.15, 0.2) is 0 Å². The predicted octanol–water partition coefficient (Wildman–Crippen LogP) is 2.17. The first-order valence-corrected chi connectivity index (χ1v) is 5.88. The zero-order valence-electron chi connectivity index (χ0n) is 10.3. The highest BCUT2D eigenvalue weighted by Gasteiger charge is 1.96. The van der Waals surface area contributed by atoms with Gasteiger partial charge in [-0.1, -0.05) is 0 Å². The predicted molar refractivity (Wildman–Crippen MR) is 69.0 cm³/mol. The van der Waals surface area contributed by atoms with Crippen LogP contribution in [0, 0.1) is 6.92 Å². The van der Waals surface area contributed by atoms with Gasteiger partial charge in [-0.2, -0.15) is 5.10 Å². The Balaban J connectivity index is 1.73. The number of nitrogens with zero attached hydrogens (tertiary/aromatic N) is 3. The van der Waals surface area contributed by atoms with Gasteiger partial charge < -0.3 is 5.32 Å². The minimum atomic E-state index is 0.971. The van der Waals surface area contributed by atoms with Crippen LogP contribution in [-0.4, -0.2) is 21.3 Å². The molecule has 0 fully saturated rings. The number of hydrogen-bond donors (Lipinski definition) is 1. The molecule has 2 rings (SSSR count). The maximum absolute atomic E-state index is 4.17. The molecule has 2 heterocycles. The van der Waals surface area contributed by atoms with Crippen molar-refractivity contribution in [2.75, 3.05) is 11.9 Å². The SMILES string of the molecule is Cc1cc(NCCCc2cnn(C)c2)ccn1. The van der Waals surface area contributed by atoms with Gasteiger partial charge >= 0.3 is 0 Å². The van der Waals surface area contributed by atoms with E-state index in [2.05, 4.69) is 27.7 Å². The zero-order valence-corrected chi connectivity index (χ0v) is 10.3. The van der Waals surface area contributed by atoms with Gasteiger partial charge in [0.25, 0.3) is 0 Å². The van der Waals surface area contributed by atoms with Crippen LogP contribution in [0.4, 0.5) is 5.69 Å². The van der Waals surface area contributed by atoms with E-state index >= 15 is 0 Å². The van der Waals surface area contributed by atoms with Gasteiger partial charge in [-0.25, -0.2) is 0 Å². The molecule has 4 nitrogen and oxygen atoms in total. The van der Waals surface area contributed by atoms with Gasteiger partial charge in [-0.3, -0.25) is 9.67 Å². The fraction of sp³-hybridized carbons (Fsp3) is 0.385. The second kappa shape index (κ2) is 5.48. The number of nitrogens with one attached hydrogen (secondary N) is 1. The van der Waals surface area contributed by atoms with Crippen LogP contribution in [-0.2, 0) is 13.5 Å². The van der Waals surface area contributed by atoms with Crippen LogP contribution in [0.5, 0.6) is 0 Å². The first kappa shape index (κ1) is 11.6. The monoisotopic (exact) mass is 230 g/mol. The second-order valence-corrected chi connectivity index (χ2v) is 4.24. The Labute approximate surface area is 102 Å². The Kier molecular flexibility index (Phi) is 3.75. The molecule has 4 heteroatoms. The smallest absolute Gasteiger partial charge is 0.0521 e. The minimum Gasteiger partial charge on any atom is -0.385 e. The number of pyridine rings is 1. The zero-order chi connectivity index (χ0) is 12.1. The fourth-order valence-electron chi connectivity index (χ4n) is 1.78. The summed E-state index contributed by atoms with van der Waals surface area (Å²) in [5.41, 5.74) is 3.48. The van der Waals surface area contributed by atoms with Crippen LogP contribution >= 0.6 is 0 Å². The van der Waals surface area contributed by atoms with E-state index in [9.17, 15) is 0 Å². The summed E-state index contributed by atoms with van der Waals surface area (Å²) in [6.45, 7) is 2.97. The van der Waals surface area contributed by atoms with E-state index in [-0.39, 0.29) is 0 Å². The molecule has 0 saturated heterocycles. The summed E-state index contributed by atoms with van der Waals surface area (Å²) >= 11 is 0. The molecule has 0 aliphatic heterocycles. The quantitative estimate of drug-likeness (QED) is 0.800. The van der Waals surface area contributed by atoms with Crippen LogP contribution in [0.2, 0.25) is 0 Å². The van der Waals surface area contributed by atoms with Crippen molar-refractivity contribution in [1.29, 1.82) is 0 Å². The molecular formula is C13H18N4. The van der Waals surface area contributed by atoms with E-state index in [0.717, 1.165) is 30.8 Å². The molecule has 0 amide bonds. The summed E-state index contributed by atoms with van der Waals surface area (Å²) in [5, 5.41) is 7.55. The summed E-state index contributed by atoms with van der Waals surface area (Å²) in [7, 11) is 1.95. The first-order valence-electron chi connectivity index (χ1n) is 5.88. The standard InChI is InChI=1S/C13H18N4/c1-11-8-13(5-7-14-11)15-6-3-4-12-9-16-17(2)10-12/h5,7-10H,3-4,6H2,1-2H3,(H,14,15). The largest absolute Gasteiger partial charge is 0.385 e. The van der Waals surface area contributed by atoms with Crippen molar-refractivity contribution in [1.82, 2.24) is 14.8 Å². The number of hydrogen-bond acceptors (Lipinski definition) is 3. The van der Waals surface area contributed by atoms with E-state index in [1.165, 1.54) is 5.56 Å². The lowest BCUT2D eigenvalue weighted by Gasteiger charge is -2.05. The molecule has 0 aliphatic rings. The Morgan fingerprint density at radius 3 is 3.00 bits per heavy atom. The number of rotatable bonds is 5. The fourth-order valence-corrected chi connectivity index (χ4v) is 1.78. The van der Waals surface area contributed by atoms with Gasteiger partial charge in [0.05, 0.1) is 6.20 Å². The maximum atomic E-state index is 4.17. The van der Waals surface area contributed by atoms with Gasteiger partial charge in [-0.05, 0) is 37.5 Å². The van der Waals surface area contributed by atoms with Crippen LogP contribution in [0.3, 0.4) is 0 Å². The van der Waals surface area contributed by atoms with Crippen molar-refractivity contribution in [3.63, 3.8) is 0 Å². The molecule has 0 aliphatic carbocycles. The first-order chi connectivity index (χ1) is 8.24. The molecule has 0 radical (unpaired) electrons. The van der Waals surface area contributed by atoms with Crippen molar-refractivity contribution in [3.05, 3.63) is 42.0 Å². The van der Waals surface area contributed by atoms with Gasteiger partial charge in [-0.15, -0.1) is 0 Å². The summed E-state index contributed by atoms with van der Waals surface area (Å²) < 4.78 is 1.84. The van der Waals surface area contributed by atoms with Crippen LogP contribution in [0.25, 0.3) is 0 Å². The highest BCUT2D eigenvalue weighted by atomic mass is 15.2. The van der Waals surface area contributed by atoms with Crippen molar-refractivity contribution in [2.24, 2.45) is 7.05 Å². The van der Waals surface area contributed by atoms with E-state index < -0.39 is 0 Å². The van der Waals surface area contributed by atoms with Crippen molar-refractivity contribution >= 4 is 5.69 Å². The average Bonchev–Trinajstić information content (AvgIpc) is 2.71. The third-order valence-corrected chi connectivity index (χ3v) is 2.63. The average molecular weight is 230 g/mol. The molecular weight excluding hydrogens is 212 g/mol. The third-order valence-electron chi connectivity index (χ3n) is 2.63. The highest BCUT2D eigenvalue weighted by molar-refractivity contribution is 5.42. The van der Waals surface area contributed by atoms with Crippen LogP contribution in [0.1, 0.15) is 17.7 Å². The summed E-state index contributed by atoms with van der Waals surface area (Å²) in [4.78, 5) is 4.17. The highest BCUT2D eigenvalue weighted by Crippen LogP contribution is 2.07. The molecule has 0 atom stereocenters. The summed E-state index contributed by atoms with van der Waals surface area (Å²) in [6, 6.07) is 4.06. The lowest BCUT2D eigenvalue weighted by molar-refractivity contribution is 0.766. The summed E-state index contributed by atoms with van der Waals surface area (Å²) in [6.07, 6.45) is 7.99. The lowest BCUT2D eigenvalue weighted by atomic mass is 10.2. The van der Waals surface area contributed by atoms with Crippen molar-refractivity contribution < 1.29 is 0 Å². The van der Waals surface area contributed by atoms with Gasteiger partial charge in [0, 0.05) is 37.4 Å². The van der Waals surface area contributed by atoms with E-state index in [0.29, 0.717) is 0 Å².